The number of halogens is 3. The highest BCUT2D eigenvalue weighted by Gasteiger charge is 2.10. The van der Waals surface area contributed by atoms with Gasteiger partial charge in [-0.25, -0.2) is 0 Å². The molecule has 0 saturated carbocycles. The Hall–Kier alpha value is -2.67. The van der Waals surface area contributed by atoms with E-state index in [9.17, 15) is 18.4 Å². The number of rotatable bonds is 8. The molecular formula is C18H17ClF2N2O3. The van der Waals surface area contributed by atoms with Crippen LogP contribution in [-0.2, 0) is 11.3 Å². The molecule has 0 aliphatic rings. The summed E-state index contributed by atoms with van der Waals surface area (Å²) in [5.74, 6) is -0.628. The first-order valence-electron chi connectivity index (χ1n) is 7.79. The Balaban J connectivity index is 1.76. The van der Waals surface area contributed by atoms with E-state index in [1.54, 1.807) is 42.5 Å². The molecule has 26 heavy (non-hydrogen) atoms. The van der Waals surface area contributed by atoms with Gasteiger partial charge in [-0.15, -0.1) is 0 Å². The van der Waals surface area contributed by atoms with E-state index in [4.69, 9.17) is 11.6 Å². The van der Waals surface area contributed by atoms with Gasteiger partial charge in [-0.1, -0.05) is 29.8 Å². The smallest absolute Gasteiger partial charge is 0.387 e. The Morgan fingerprint density at radius 2 is 1.73 bits per heavy atom. The summed E-state index contributed by atoms with van der Waals surface area (Å²) < 4.78 is 29.1. The fourth-order valence-electron chi connectivity index (χ4n) is 2.14. The summed E-state index contributed by atoms with van der Waals surface area (Å²) >= 11 is 5.75. The summed E-state index contributed by atoms with van der Waals surface area (Å²) in [5, 5.41) is 5.74. The molecule has 5 nitrogen and oxygen atoms in total. The molecule has 0 spiro atoms. The van der Waals surface area contributed by atoms with Crippen LogP contribution in [0.4, 0.5) is 8.78 Å². The lowest BCUT2D eigenvalue weighted by Crippen LogP contribution is -2.30. The molecule has 0 saturated heterocycles. The van der Waals surface area contributed by atoms with Gasteiger partial charge in [-0.3, -0.25) is 9.59 Å². The summed E-state index contributed by atoms with van der Waals surface area (Å²) in [6.07, 6.45) is 0.0528. The first-order valence-corrected chi connectivity index (χ1v) is 8.16. The molecule has 2 amide bonds. The number of benzene rings is 2. The number of hydrogen-bond acceptors (Lipinski definition) is 3. The molecule has 2 aromatic carbocycles. The Morgan fingerprint density at radius 3 is 2.42 bits per heavy atom. The van der Waals surface area contributed by atoms with Crippen molar-refractivity contribution < 1.29 is 23.1 Å². The van der Waals surface area contributed by atoms with Crippen LogP contribution in [0.25, 0.3) is 0 Å². The third-order valence-electron chi connectivity index (χ3n) is 3.41. The minimum absolute atomic E-state index is 0.0128. The maximum Gasteiger partial charge on any atom is 0.387 e. The predicted molar refractivity (Wildman–Crippen MR) is 93.3 cm³/mol. The molecule has 0 bridgehead atoms. The van der Waals surface area contributed by atoms with Crippen LogP contribution >= 0.6 is 11.6 Å². The minimum atomic E-state index is -2.94. The molecule has 0 fully saturated rings. The zero-order valence-electron chi connectivity index (χ0n) is 13.7. The van der Waals surface area contributed by atoms with E-state index in [0.29, 0.717) is 16.1 Å². The summed E-state index contributed by atoms with van der Waals surface area (Å²) in [4.78, 5) is 23.7. The molecule has 0 unspecified atom stereocenters. The van der Waals surface area contributed by atoms with Crippen LogP contribution in [0.1, 0.15) is 22.3 Å². The van der Waals surface area contributed by atoms with Gasteiger partial charge in [-0.2, -0.15) is 8.78 Å². The summed E-state index contributed by atoms with van der Waals surface area (Å²) in [6, 6.07) is 12.6. The quantitative estimate of drug-likeness (QED) is 0.735. The summed E-state index contributed by atoms with van der Waals surface area (Å²) in [5.41, 5.74) is 0.874. The third-order valence-corrected chi connectivity index (χ3v) is 3.66. The lowest BCUT2D eigenvalue weighted by Gasteiger charge is -2.11. The second kappa shape index (κ2) is 9.72. The Labute approximate surface area is 154 Å². The van der Waals surface area contributed by atoms with Gasteiger partial charge in [0.2, 0.25) is 5.91 Å². The maximum absolute atomic E-state index is 12.3. The van der Waals surface area contributed by atoms with Crippen molar-refractivity contribution in [2.45, 2.75) is 19.6 Å². The second-order valence-electron chi connectivity index (χ2n) is 5.28. The highest BCUT2D eigenvalue weighted by Crippen LogP contribution is 2.19. The van der Waals surface area contributed by atoms with Crippen LogP contribution in [-0.4, -0.2) is 25.0 Å². The van der Waals surface area contributed by atoms with Crippen LogP contribution in [0, 0.1) is 0 Å². The van der Waals surface area contributed by atoms with Crippen molar-refractivity contribution in [3.05, 3.63) is 64.7 Å². The second-order valence-corrected chi connectivity index (χ2v) is 5.71. The van der Waals surface area contributed by atoms with Crippen molar-refractivity contribution in [1.29, 1.82) is 0 Å². The molecule has 0 atom stereocenters. The van der Waals surface area contributed by atoms with Crippen LogP contribution < -0.4 is 15.4 Å². The zero-order valence-corrected chi connectivity index (χ0v) is 14.4. The molecule has 2 aromatic rings. The van der Waals surface area contributed by atoms with Crippen molar-refractivity contribution in [3.63, 3.8) is 0 Å². The monoisotopic (exact) mass is 382 g/mol. The average Bonchev–Trinajstić information content (AvgIpc) is 2.61. The number of hydrogen-bond donors (Lipinski definition) is 2. The lowest BCUT2D eigenvalue weighted by atomic mass is 10.2. The van der Waals surface area contributed by atoms with Crippen LogP contribution in [0.2, 0.25) is 5.02 Å². The minimum Gasteiger partial charge on any atom is -0.434 e. The summed E-state index contributed by atoms with van der Waals surface area (Å²) in [6.45, 7) is -2.75. The zero-order chi connectivity index (χ0) is 18.9. The van der Waals surface area contributed by atoms with E-state index in [1.165, 1.54) is 6.07 Å². The standard InChI is InChI=1S/C18H17ClF2N2O3/c19-14-7-5-12(6-8-14)17(25)22-10-9-16(24)23-11-13-3-1-2-4-15(13)26-18(20)21/h1-8,18H,9-11H2,(H,22,25)(H,23,24). The van der Waals surface area contributed by atoms with Crippen molar-refractivity contribution in [3.8, 4) is 5.75 Å². The predicted octanol–water partition coefficient (Wildman–Crippen LogP) is 3.38. The number of carbonyl (C=O) groups is 2. The van der Waals surface area contributed by atoms with Crippen molar-refractivity contribution >= 4 is 23.4 Å². The summed E-state index contributed by atoms with van der Waals surface area (Å²) in [7, 11) is 0. The number of carbonyl (C=O) groups excluding carboxylic acids is 2. The van der Waals surface area contributed by atoms with Gasteiger partial charge in [0.15, 0.2) is 0 Å². The van der Waals surface area contributed by atoms with Crippen LogP contribution in [0.15, 0.2) is 48.5 Å². The maximum atomic E-state index is 12.3. The molecule has 2 rings (SSSR count). The normalized spacial score (nSPS) is 10.5. The topological polar surface area (TPSA) is 67.4 Å². The Morgan fingerprint density at radius 1 is 1.04 bits per heavy atom. The number of alkyl halides is 2. The van der Waals surface area contributed by atoms with Gasteiger partial charge in [0, 0.05) is 35.7 Å². The van der Waals surface area contributed by atoms with Gasteiger partial charge in [0.05, 0.1) is 0 Å². The van der Waals surface area contributed by atoms with Gasteiger partial charge in [-0.05, 0) is 30.3 Å². The Bertz CT molecular complexity index is 754. The number of nitrogens with one attached hydrogen (secondary N) is 2. The van der Waals surface area contributed by atoms with E-state index in [0.717, 1.165) is 0 Å². The largest absolute Gasteiger partial charge is 0.434 e. The van der Waals surface area contributed by atoms with E-state index in [1.807, 2.05) is 0 Å². The lowest BCUT2D eigenvalue weighted by molar-refractivity contribution is -0.121. The van der Waals surface area contributed by atoms with Crippen molar-refractivity contribution in [2.24, 2.45) is 0 Å². The van der Waals surface area contributed by atoms with E-state index in [-0.39, 0.29) is 37.1 Å². The van der Waals surface area contributed by atoms with E-state index < -0.39 is 6.61 Å². The van der Waals surface area contributed by atoms with Crippen molar-refractivity contribution in [2.75, 3.05) is 6.54 Å². The molecule has 0 heterocycles. The van der Waals surface area contributed by atoms with Gasteiger partial charge in [0.25, 0.3) is 5.91 Å². The molecular weight excluding hydrogens is 366 g/mol. The molecule has 2 N–H and O–H groups in total. The third kappa shape index (κ3) is 6.33. The highest BCUT2D eigenvalue weighted by molar-refractivity contribution is 6.30. The first kappa shape index (κ1) is 19.7. The number of para-hydroxylation sites is 1. The number of ether oxygens (including phenoxy) is 1. The van der Waals surface area contributed by atoms with E-state index in [2.05, 4.69) is 15.4 Å². The molecule has 138 valence electrons. The van der Waals surface area contributed by atoms with E-state index >= 15 is 0 Å². The van der Waals surface area contributed by atoms with Crippen LogP contribution in [0.3, 0.4) is 0 Å². The fraction of sp³-hybridized carbons (Fsp3) is 0.222. The van der Waals surface area contributed by atoms with Gasteiger partial charge < -0.3 is 15.4 Å². The van der Waals surface area contributed by atoms with Crippen LogP contribution in [0.5, 0.6) is 5.75 Å². The molecule has 8 heteroatoms. The molecule has 0 aliphatic carbocycles. The van der Waals surface area contributed by atoms with Gasteiger partial charge >= 0.3 is 6.61 Å². The highest BCUT2D eigenvalue weighted by atomic mass is 35.5. The fourth-order valence-corrected chi connectivity index (χ4v) is 2.26. The molecule has 0 aliphatic heterocycles. The molecule has 0 radical (unpaired) electrons. The first-order chi connectivity index (χ1) is 12.5. The number of amides is 2. The molecule has 0 aromatic heterocycles. The average molecular weight is 383 g/mol. The SMILES string of the molecule is O=C(CCNC(=O)c1ccc(Cl)cc1)NCc1ccccc1OC(F)F. The Kier molecular flexibility index (Phi) is 7.35. The van der Waals surface area contributed by atoms with Gasteiger partial charge in [0.1, 0.15) is 5.75 Å². The van der Waals surface area contributed by atoms with Crippen molar-refractivity contribution in [1.82, 2.24) is 10.6 Å².